The first-order valence-electron chi connectivity index (χ1n) is 11.4. The van der Waals surface area contributed by atoms with Gasteiger partial charge in [-0.1, -0.05) is 43.9 Å². The third-order valence-electron chi connectivity index (χ3n) is 6.03. The molecule has 2 aromatic heterocycles. The molecule has 8 heteroatoms. The molecule has 1 aliphatic heterocycles. The lowest BCUT2D eigenvalue weighted by Crippen LogP contribution is -2.36. The van der Waals surface area contributed by atoms with Crippen molar-refractivity contribution in [1.29, 1.82) is 0 Å². The summed E-state index contributed by atoms with van der Waals surface area (Å²) >= 11 is 1.47. The van der Waals surface area contributed by atoms with Crippen LogP contribution in [0.2, 0.25) is 0 Å². The van der Waals surface area contributed by atoms with E-state index in [4.69, 9.17) is 4.42 Å². The number of furan rings is 1. The third kappa shape index (κ3) is 5.80. The fourth-order valence-electron chi connectivity index (χ4n) is 4.41. The molecule has 0 radical (unpaired) electrons. The molecule has 0 unspecified atom stereocenters. The fourth-order valence-corrected chi connectivity index (χ4v) is 5.16. The second-order valence-electron chi connectivity index (χ2n) is 8.39. The van der Waals surface area contributed by atoms with Crippen molar-refractivity contribution in [3.05, 3.63) is 24.2 Å². The summed E-state index contributed by atoms with van der Waals surface area (Å²) in [5, 5.41) is 12.9. The van der Waals surface area contributed by atoms with Gasteiger partial charge in [-0.15, -0.1) is 10.2 Å². The van der Waals surface area contributed by atoms with Gasteiger partial charge in [-0.05, 0) is 44.2 Å². The highest BCUT2D eigenvalue weighted by molar-refractivity contribution is 7.99. The second-order valence-corrected chi connectivity index (χ2v) is 9.34. The van der Waals surface area contributed by atoms with Crippen molar-refractivity contribution in [2.45, 2.75) is 82.0 Å². The zero-order valence-corrected chi connectivity index (χ0v) is 18.5. The molecule has 1 aliphatic carbocycles. The van der Waals surface area contributed by atoms with E-state index in [1.54, 1.807) is 6.26 Å². The fraction of sp³-hybridized carbons (Fsp3) is 0.682. The van der Waals surface area contributed by atoms with E-state index in [2.05, 4.69) is 25.0 Å². The Morgan fingerprint density at radius 1 is 1.07 bits per heavy atom. The lowest BCUT2D eigenvalue weighted by molar-refractivity contribution is -0.119. The first kappa shape index (κ1) is 21.3. The van der Waals surface area contributed by atoms with Crippen molar-refractivity contribution in [2.75, 3.05) is 23.7 Å². The van der Waals surface area contributed by atoms with E-state index in [0.29, 0.717) is 18.3 Å². The summed E-state index contributed by atoms with van der Waals surface area (Å²) in [5.74, 6) is 2.22. The molecular weight excluding hydrogens is 398 g/mol. The Labute approximate surface area is 183 Å². The highest BCUT2D eigenvalue weighted by Crippen LogP contribution is 2.26. The maximum atomic E-state index is 12.6. The molecule has 7 nitrogen and oxygen atoms in total. The number of hydrogen-bond acceptors (Lipinski definition) is 6. The molecule has 0 bridgehead atoms. The Kier molecular flexibility index (Phi) is 7.72. The first-order valence-corrected chi connectivity index (χ1v) is 12.4. The predicted octanol–water partition coefficient (Wildman–Crippen LogP) is 4.23. The molecule has 0 aromatic carbocycles. The van der Waals surface area contributed by atoms with Crippen LogP contribution in [0.4, 0.5) is 5.95 Å². The van der Waals surface area contributed by atoms with E-state index in [1.807, 2.05) is 12.1 Å². The minimum Gasteiger partial charge on any atom is -0.467 e. The molecule has 1 amide bonds. The van der Waals surface area contributed by atoms with Gasteiger partial charge in [0.2, 0.25) is 11.9 Å². The summed E-state index contributed by atoms with van der Waals surface area (Å²) in [6.45, 7) is 2.59. The maximum Gasteiger partial charge on any atom is 0.230 e. The van der Waals surface area contributed by atoms with Crippen molar-refractivity contribution in [3.8, 4) is 0 Å². The summed E-state index contributed by atoms with van der Waals surface area (Å²) in [4.78, 5) is 14.9. The molecule has 0 spiro atoms. The standard InChI is InChI=1S/C22H33N5O2S/c28-20(23-18-10-5-2-1-3-6-11-18)17-30-22-25-24-21(26-13-7-4-8-14-26)27(22)16-19-12-9-15-29-19/h9,12,15,18H,1-8,10-11,13-14,16-17H2,(H,23,28). The van der Waals surface area contributed by atoms with Gasteiger partial charge >= 0.3 is 0 Å². The van der Waals surface area contributed by atoms with Gasteiger partial charge in [0.15, 0.2) is 5.16 Å². The van der Waals surface area contributed by atoms with Crippen LogP contribution >= 0.6 is 11.8 Å². The minimum absolute atomic E-state index is 0.0950. The van der Waals surface area contributed by atoms with Crippen LogP contribution in [0.25, 0.3) is 0 Å². The van der Waals surface area contributed by atoms with Crippen molar-refractivity contribution >= 4 is 23.6 Å². The maximum absolute atomic E-state index is 12.6. The Morgan fingerprint density at radius 2 is 1.80 bits per heavy atom. The zero-order valence-electron chi connectivity index (χ0n) is 17.7. The summed E-state index contributed by atoms with van der Waals surface area (Å²) in [7, 11) is 0. The number of piperidine rings is 1. The smallest absolute Gasteiger partial charge is 0.230 e. The molecule has 2 aromatic rings. The van der Waals surface area contributed by atoms with Crippen molar-refractivity contribution in [3.63, 3.8) is 0 Å². The molecule has 1 saturated carbocycles. The van der Waals surface area contributed by atoms with Crippen LogP contribution in [0.1, 0.15) is 70.0 Å². The van der Waals surface area contributed by atoms with Gasteiger partial charge < -0.3 is 14.6 Å². The topological polar surface area (TPSA) is 76.2 Å². The van der Waals surface area contributed by atoms with Gasteiger partial charge in [-0.3, -0.25) is 9.36 Å². The van der Waals surface area contributed by atoms with E-state index >= 15 is 0 Å². The molecule has 2 fully saturated rings. The molecule has 4 rings (SSSR count). The van der Waals surface area contributed by atoms with Crippen molar-refractivity contribution in [1.82, 2.24) is 20.1 Å². The molecule has 164 valence electrons. The summed E-state index contributed by atoms with van der Waals surface area (Å²) in [6.07, 6.45) is 13.9. The number of nitrogens with one attached hydrogen (secondary N) is 1. The lowest BCUT2D eigenvalue weighted by atomic mass is 9.97. The highest BCUT2D eigenvalue weighted by atomic mass is 32.2. The molecular formula is C22H33N5O2S. The van der Waals surface area contributed by atoms with Crippen LogP contribution in [0, 0.1) is 0 Å². The molecule has 2 aliphatic rings. The van der Waals surface area contributed by atoms with Gasteiger partial charge in [0.05, 0.1) is 18.6 Å². The lowest BCUT2D eigenvalue weighted by Gasteiger charge is -2.27. The summed E-state index contributed by atoms with van der Waals surface area (Å²) in [5.41, 5.74) is 0. The highest BCUT2D eigenvalue weighted by Gasteiger charge is 2.22. The number of aromatic nitrogens is 3. The van der Waals surface area contributed by atoms with Crippen LogP contribution < -0.4 is 10.2 Å². The Morgan fingerprint density at radius 3 is 2.53 bits per heavy atom. The van der Waals surface area contributed by atoms with E-state index < -0.39 is 0 Å². The quantitative estimate of drug-likeness (QED) is 0.661. The number of anilines is 1. The largest absolute Gasteiger partial charge is 0.467 e. The summed E-state index contributed by atoms with van der Waals surface area (Å²) in [6, 6.07) is 4.19. The van der Waals surface area contributed by atoms with Crippen LogP contribution in [0.5, 0.6) is 0 Å². The minimum atomic E-state index is 0.0950. The zero-order chi connectivity index (χ0) is 20.6. The number of carbonyl (C=O) groups excluding carboxylic acids is 1. The van der Waals surface area contributed by atoms with Gasteiger partial charge in [0.25, 0.3) is 0 Å². The van der Waals surface area contributed by atoms with Crippen molar-refractivity contribution in [2.24, 2.45) is 0 Å². The average Bonchev–Trinajstić information content (AvgIpc) is 3.39. The number of carbonyl (C=O) groups is 1. The molecule has 1 N–H and O–H groups in total. The van der Waals surface area contributed by atoms with Crippen molar-refractivity contribution < 1.29 is 9.21 Å². The average molecular weight is 432 g/mol. The van der Waals surface area contributed by atoms with Gasteiger partial charge in [0, 0.05) is 19.1 Å². The van der Waals surface area contributed by atoms with Gasteiger partial charge in [0.1, 0.15) is 5.76 Å². The Bertz CT molecular complexity index is 778. The Hall–Kier alpha value is -1.96. The van der Waals surface area contributed by atoms with Gasteiger partial charge in [-0.25, -0.2) is 0 Å². The SMILES string of the molecule is O=C(CSc1nnc(N2CCCCC2)n1Cc1ccco1)NC1CCCCCCC1. The predicted molar refractivity (Wildman–Crippen MR) is 119 cm³/mol. The Balaban J connectivity index is 1.39. The first-order chi connectivity index (χ1) is 14.8. The van der Waals surface area contributed by atoms with E-state index in [0.717, 1.165) is 42.8 Å². The molecule has 30 heavy (non-hydrogen) atoms. The van der Waals surface area contributed by atoms with Crippen LogP contribution in [-0.4, -0.2) is 45.6 Å². The van der Waals surface area contributed by atoms with E-state index in [-0.39, 0.29) is 5.91 Å². The number of rotatable bonds is 7. The third-order valence-corrected chi connectivity index (χ3v) is 7.00. The number of nitrogens with zero attached hydrogens (tertiary/aromatic N) is 4. The monoisotopic (exact) mass is 431 g/mol. The molecule has 0 atom stereocenters. The van der Waals surface area contributed by atoms with Crippen LogP contribution in [-0.2, 0) is 11.3 Å². The number of amides is 1. The number of thioether (sulfide) groups is 1. The number of hydrogen-bond donors (Lipinski definition) is 1. The summed E-state index contributed by atoms with van der Waals surface area (Å²) < 4.78 is 7.66. The van der Waals surface area contributed by atoms with Gasteiger partial charge in [-0.2, -0.15) is 0 Å². The van der Waals surface area contributed by atoms with E-state index in [9.17, 15) is 4.79 Å². The molecule has 3 heterocycles. The molecule has 1 saturated heterocycles. The van der Waals surface area contributed by atoms with E-state index in [1.165, 1.54) is 63.1 Å². The van der Waals surface area contributed by atoms with Crippen LogP contribution in [0.3, 0.4) is 0 Å². The van der Waals surface area contributed by atoms with Crippen LogP contribution in [0.15, 0.2) is 28.0 Å². The normalized spacial score (nSPS) is 18.7. The second kappa shape index (κ2) is 10.9.